The highest BCUT2D eigenvalue weighted by Crippen LogP contribution is 2.55. The Morgan fingerprint density at radius 1 is 0.435 bits per heavy atom. The SMILES string of the molecule is Cc1ccc(-c2c3ccc(N4c5ccccc5C(C)(C)c5ccccc54)cc3c(-c3ccc(C)cc3C)c3ccc(N4C5=C(C=CCC5)C(C)(C)c5ccccc54)cc23)c(C)c1. The number of fused-ring (bicyclic) bond motifs is 5. The zero-order valence-corrected chi connectivity index (χ0v) is 37.3. The van der Waals surface area contributed by atoms with Crippen molar-refractivity contribution in [3.05, 3.63) is 208 Å². The summed E-state index contributed by atoms with van der Waals surface area (Å²) in [4.78, 5) is 5.09. The molecular formula is C60H54N2. The van der Waals surface area contributed by atoms with Crippen LogP contribution in [0.3, 0.4) is 0 Å². The van der Waals surface area contributed by atoms with Crippen molar-refractivity contribution < 1.29 is 0 Å². The van der Waals surface area contributed by atoms with Gasteiger partial charge in [0, 0.05) is 33.6 Å². The lowest BCUT2D eigenvalue weighted by Crippen LogP contribution is -2.34. The van der Waals surface area contributed by atoms with E-state index in [2.05, 4.69) is 223 Å². The minimum atomic E-state index is -0.135. The molecule has 0 bridgehead atoms. The number of hydrogen-bond acceptors (Lipinski definition) is 2. The first-order valence-corrected chi connectivity index (χ1v) is 22.4. The number of anilines is 5. The topological polar surface area (TPSA) is 6.48 Å². The molecule has 2 nitrogen and oxygen atoms in total. The Morgan fingerprint density at radius 2 is 0.887 bits per heavy atom. The summed E-state index contributed by atoms with van der Waals surface area (Å²) in [7, 11) is 0. The third-order valence-electron chi connectivity index (χ3n) is 14.4. The Morgan fingerprint density at radius 3 is 1.39 bits per heavy atom. The first-order chi connectivity index (χ1) is 29.9. The van der Waals surface area contributed by atoms with Crippen LogP contribution in [0.25, 0.3) is 43.8 Å². The van der Waals surface area contributed by atoms with Crippen LogP contribution in [0.4, 0.5) is 28.4 Å². The van der Waals surface area contributed by atoms with Crippen molar-refractivity contribution in [3.8, 4) is 22.3 Å². The van der Waals surface area contributed by atoms with Crippen molar-refractivity contribution in [3.63, 3.8) is 0 Å². The molecule has 0 unspecified atom stereocenters. The van der Waals surface area contributed by atoms with E-state index in [0.29, 0.717) is 0 Å². The molecule has 0 spiro atoms. The third kappa shape index (κ3) is 5.62. The highest BCUT2D eigenvalue weighted by atomic mass is 15.2. The van der Waals surface area contributed by atoms with Crippen molar-refractivity contribution in [2.45, 2.75) is 79.1 Å². The second-order valence-corrected chi connectivity index (χ2v) is 19.1. The predicted octanol–water partition coefficient (Wildman–Crippen LogP) is 16.7. The van der Waals surface area contributed by atoms with Gasteiger partial charge in [0.25, 0.3) is 0 Å². The molecule has 2 heterocycles. The summed E-state index contributed by atoms with van der Waals surface area (Å²) in [6.07, 6.45) is 6.82. The molecule has 8 aromatic rings. The fraction of sp³-hybridized carbons (Fsp3) is 0.200. The van der Waals surface area contributed by atoms with Gasteiger partial charge in [-0.25, -0.2) is 0 Å². The van der Waals surface area contributed by atoms with E-state index in [-0.39, 0.29) is 10.8 Å². The number of benzene rings is 8. The van der Waals surface area contributed by atoms with Crippen molar-refractivity contribution in [1.82, 2.24) is 0 Å². The molecule has 62 heavy (non-hydrogen) atoms. The molecule has 0 fully saturated rings. The Labute approximate surface area is 367 Å². The molecule has 2 heteroatoms. The second kappa shape index (κ2) is 13.9. The van der Waals surface area contributed by atoms with Gasteiger partial charge in [-0.3, -0.25) is 0 Å². The minimum Gasteiger partial charge on any atom is -0.314 e. The van der Waals surface area contributed by atoms with Crippen molar-refractivity contribution in [2.24, 2.45) is 0 Å². The fourth-order valence-electron chi connectivity index (χ4n) is 11.4. The first-order valence-electron chi connectivity index (χ1n) is 22.4. The predicted molar refractivity (Wildman–Crippen MR) is 265 cm³/mol. The van der Waals surface area contributed by atoms with E-state index in [4.69, 9.17) is 0 Å². The molecule has 3 aliphatic rings. The number of nitrogens with zero attached hydrogens (tertiary/aromatic N) is 2. The number of aryl methyl sites for hydroxylation is 4. The molecule has 0 N–H and O–H groups in total. The molecule has 11 rings (SSSR count). The molecule has 1 aliphatic carbocycles. The maximum absolute atomic E-state index is 2.58. The maximum Gasteiger partial charge on any atom is 0.0502 e. The van der Waals surface area contributed by atoms with Gasteiger partial charge in [-0.15, -0.1) is 0 Å². The van der Waals surface area contributed by atoms with E-state index in [0.717, 1.165) is 12.8 Å². The monoisotopic (exact) mass is 802 g/mol. The number of hydrogen-bond donors (Lipinski definition) is 0. The van der Waals surface area contributed by atoms with Crippen LogP contribution < -0.4 is 9.80 Å². The number of allylic oxidation sites excluding steroid dienone is 4. The van der Waals surface area contributed by atoms with Crippen LogP contribution in [-0.2, 0) is 10.8 Å². The summed E-state index contributed by atoms with van der Waals surface area (Å²) in [5.41, 5.74) is 23.0. The second-order valence-electron chi connectivity index (χ2n) is 19.1. The summed E-state index contributed by atoms with van der Waals surface area (Å²) >= 11 is 0. The fourth-order valence-corrected chi connectivity index (χ4v) is 11.4. The molecular weight excluding hydrogens is 749 g/mol. The van der Waals surface area contributed by atoms with Crippen molar-refractivity contribution in [1.29, 1.82) is 0 Å². The van der Waals surface area contributed by atoms with E-state index in [1.54, 1.807) is 0 Å². The van der Waals surface area contributed by atoms with Crippen molar-refractivity contribution in [2.75, 3.05) is 9.80 Å². The van der Waals surface area contributed by atoms with E-state index in [1.807, 2.05) is 0 Å². The molecule has 0 saturated carbocycles. The average molecular weight is 803 g/mol. The van der Waals surface area contributed by atoms with Crippen LogP contribution in [-0.4, -0.2) is 0 Å². The minimum absolute atomic E-state index is 0.0877. The number of rotatable bonds is 4. The lowest BCUT2D eigenvalue weighted by molar-refractivity contribution is 0.603. The summed E-state index contributed by atoms with van der Waals surface area (Å²) in [5, 5.41) is 5.07. The summed E-state index contributed by atoms with van der Waals surface area (Å²) in [6, 6.07) is 55.7. The third-order valence-corrected chi connectivity index (χ3v) is 14.4. The van der Waals surface area contributed by atoms with Crippen LogP contribution >= 0.6 is 0 Å². The maximum atomic E-state index is 2.58. The Hall–Kier alpha value is -6.64. The smallest absolute Gasteiger partial charge is 0.0502 e. The first kappa shape index (κ1) is 38.3. The van der Waals surface area contributed by atoms with Gasteiger partial charge in [-0.05, 0) is 160 Å². The Bertz CT molecular complexity index is 3190. The summed E-state index contributed by atoms with van der Waals surface area (Å²) in [6.45, 7) is 18.5. The molecule has 304 valence electrons. The van der Waals surface area contributed by atoms with Crippen LogP contribution in [0.5, 0.6) is 0 Å². The normalized spacial score (nSPS) is 16.0. The average Bonchev–Trinajstić information content (AvgIpc) is 3.26. The van der Waals surface area contributed by atoms with E-state index < -0.39 is 0 Å². The zero-order chi connectivity index (χ0) is 42.7. The highest BCUT2D eigenvalue weighted by Gasteiger charge is 2.39. The van der Waals surface area contributed by atoms with Gasteiger partial charge >= 0.3 is 0 Å². The van der Waals surface area contributed by atoms with Crippen molar-refractivity contribution >= 4 is 50.0 Å². The van der Waals surface area contributed by atoms with Gasteiger partial charge in [0.1, 0.15) is 0 Å². The number of para-hydroxylation sites is 3. The molecule has 0 saturated heterocycles. The van der Waals surface area contributed by atoms with Crippen LogP contribution in [0.2, 0.25) is 0 Å². The van der Waals surface area contributed by atoms with Gasteiger partial charge in [-0.2, -0.15) is 0 Å². The molecule has 0 radical (unpaired) electrons. The Balaban J connectivity index is 1.26. The molecule has 8 aromatic carbocycles. The van der Waals surface area contributed by atoms with Crippen LogP contribution in [0.1, 0.15) is 79.5 Å². The molecule has 2 aliphatic heterocycles. The van der Waals surface area contributed by atoms with Gasteiger partial charge in [-0.1, -0.05) is 154 Å². The molecule has 0 amide bonds. The lowest BCUT2D eigenvalue weighted by atomic mass is 9.71. The summed E-state index contributed by atoms with van der Waals surface area (Å²) < 4.78 is 0. The van der Waals surface area contributed by atoms with Crippen LogP contribution in [0.15, 0.2) is 169 Å². The summed E-state index contributed by atoms with van der Waals surface area (Å²) in [5.74, 6) is 0. The quantitative estimate of drug-likeness (QED) is 0.164. The molecule has 0 atom stereocenters. The van der Waals surface area contributed by atoms with Gasteiger partial charge < -0.3 is 9.80 Å². The standard InChI is InChI=1S/C60H54N2/c1-37-25-29-43(39(3)33-37)57-45-31-27-42(62-55-23-15-11-19-51(55)60(7,8)52-20-12-16-24-56(52)62)36-48(45)58(44-30-26-38(2)34-40(44)4)46-32-28-41(35-47(46)57)61-53-21-13-9-17-49(53)59(5,6)50-18-10-14-22-54(50)61/h9-15,17-23,25-36H,16,24H2,1-8H3. The van der Waals surface area contributed by atoms with E-state index in [9.17, 15) is 0 Å². The van der Waals surface area contributed by atoms with Gasteiger partial charge in [0.15, 0.2) is 0 Å². The Kier molecular flexibility index (Phi) is 8.61. The zero-order valence-electron chi connectivity index (χ0n) is 37.3. The lowest BCUT2D eigenvalue weighted by Gasteiger charge is -2.44. The highest BCUT2D eigenvalue weighted by molar-refractivity contribution is 6.23. The van der Waals surface area contributed by atoms with E-state index in [1.165, 1.54) is 122 Å². The van der Waals surface area contributed by atoms with E-state index >= 15 is 0 Å². The van der Waals surface area contributed by atoms with Crippen LogP contribution in [0, 0.1) is 27.7 Å². The van der Waals surface area contributed by atoms with Gasteiger partial charge in [0.05, 0.1) is 11.4 Å². The molecule has 0 aromatic heterocycles. The largest absolute Gasteiger partial charge is 0.314 e. The van der Waals surface area contributed by atoms with Gasteiger partial charge in [0.2, 0.25) is 0 Å².